The maximum absolute atomic E-state index is 14.5. The normalized spacial score (nSPS) is 10.7. The molecular weight excluding hydrogens is 341 g/mol. The highest BCUT2D eigenvalue weighted by molar-refractivity contribution is 5.86. The van der Waals surface area contributed by atoms with Crippen LogP contribution in [0.1, 0.15) is 11.1 Å². The summed E-state index contributed by atoms with van der Waals surface area (Å²) in [5.74, 6) is 0.777. The van der Waals surface area contributed by atoms with Gasteiger partial charge in [0.1, 0.15) is 22.9 Å². The molecule has 0 aliphatic rings. The van der Waals surface area contributed by atoms with Crippen LogP contribution in [-0.4, -0.2) is 16.7 Å². The molecule has 27 heavy (non-hydrogen) atoms. The van der Waals surface area contributed by atoms with Gasteiger partial charge in [-0.3, -0.25) is 0 Å². The lowest BCUT2D eigenvalue weighted by Gasteiger charge is -2.11. The number of halogens is 1. The van der Waals surface area contributed by atoms with Gasteiger partial charge in [0.2, 0.25) is 0 Å². The lowest BCUT2D eigenvalue weighted by molar-refractivity contribution is 0.419. The molecule has 0 atom stereocenters. The standard InChI is InChI=1S/C22H16FN3O/c1-27-20-12-6-11-19-21(20)25-22(17-9-4-5-10-18(17)23)26(19)14-16-8-3-2-7-15(16)13-24/h2-12H,14H2,1H3. The molecule has 132 valence electrons. The first-order valence-electron chi connectivity index (χ1n) is 8.49. The number of imidazole rings is 1. The van der Waals surface area contributed by atoms with Crippen LogP contribution in [0.4, 0.5) is 4.39 Å². The van der Waals surface area contributed by atoms with Gasteiger partial charge in [0.25, 0.3) is 0 Å². The van der Waals surface area contributed by atoms with Gasteiger partial charge in [-0.05, 0) is 35.9 Å². The minimum absolute atomic E-state index is 0.346. The molecule has 4 nitrogen and oxygen atoms in total. The maximum Gasteiger partial charge on any atom is 0.146 e. The van der Waals surface area contributed by atoms with Crippen LogP contribution in [0.3, 0.4) is 0 Å². The van der Waals surface area contributed by atoms with Crippen molar-refractivity contribution in [1.29, 1.82) is 5.26 Å². The molecule has 4 aromatic rings. The average Bonchev–Trinajstić information content (AvgIpc) is 3.07. The van der Waals surface area contributed by atoms with Crippen LogP contribution in [0.5, 0.6) is 5.75 Å². The van der Waals surface area contributed by atoms with Gasteiger partial charge in [-0.1, -0.05) is 36.4 Å². The van der Waals surface area contributed by atoms with Gasteiger partial charge in [0.05, 0.1) is 36.4 Å². The predicted octanol–water partition coefficient (Wildman–Crippen LogP) is 4.77. The molecule has 0 saturated heterocycles. The Morgan fingerprint density at radius 3 is 2.59 bits per heavy atom. The van der Waals surface area contributed by atoms with Crippen molar-refractivity contribution in [2.75, 3.05) is 7.11 Å². The topological polar surface area (TPSA) is 50.8 Å². The van der Waals surface area contributed by atoms with E-state index < -0.39 is 0 Å². The van der Waals surface area contributed by atoms with Crippen molar-refractivity contribution in [3.8, 4) is 23.2 Å². The zero-order valence-corrected chi connectivity index (χ0v) is 14.7. The van der Waals surface area contributed by atoms with Crippen molar-refractivity contribution >= 4 is 11.0 Å². The Labute approximate surface area is 156 Å². The fourth-order valence-corrected chi connectivity index (χ4v) is 3.23. The molecule has 1 aromatic heterocycles. The summed E-state index contributed by atoms with van der Waals surface area (Å²) in [6, 6.07) is 21.8. The van der Waals surface area contributed by atoms with Crippen molar-refractivity contribution < 1.29 is 9.13 Å². The first-order valence-corrected chi connectivity index (χ1v) is 8.49. The third kappa shape index (κ3) is 2.91. The van der Waals surface area contributed by atoms with Gasteiger partial charge in [0, 0.05) is 0 Å². The molecule has 3 aromatic carbocycles. The molecule has 0 unspecified atom stereocenters. The fourth-order valence-electron chi connectivity index (χ4n) is 3.23. The van der Waals surface area contributed by atoms with Crippen LogP contribution in [-0.2, 0) is 6.54 Å². The molecule has 5 heteroatoms. The highest BCUT2D eigenvalue weighted by atomic mass is 19.1. The van der Waals surface area contributed by atoms with E-state index in [2.05, 4.69) is 11.1 Å². The number of nitriles is 1. The Bertz CT molecular complexity index is 1170. The molecule has 1 heterocycles. The lowest BCUT2D eigenvalue weighted by atomic mass is 10.1. The van der Waals surface area contributed by atoms with E-state index in [1.807, 2.05) is 41.0 Å². The van der Waals surface area contributed by atoms with Crippen LogP contribution in [0, 0.1) is 17.1 Å². The monoisotopic (exact) mass is 357 g/mol. The van der Waals surface area contributed by atoms with E-state index in [-0.39, 0.29) is 5.82 Å². The van der Waals surface area contributed by atoms with E-state index >= 15 is 0 Å². The lowest BCUT2D eigenvalue weighted by Crippen LogP contribution is -2.04. The molecule has 0 fully saturated rings. The van der Waals surface area contributed by atoms with Crippen LogP contribution >= 0.6 is 0 Å². The number of rotatable bonds is 4. The van der Waals surface area contributed by atoms with Crippen LogP contribution in [0.2, 0.25) is 0 Å². The van der Waals surface area contributed by atoms with Gasteiger partial charge >= 0.3 is 0 Å². The zero-order chi connectivity index (χ0) is 18.8. The third-order valence-corrected chi connectivity index (χ3v) is 4.54. The van der Waals surface area contributed by atoms with Crippen molar-refractivity contribution in [3.63, 3.8) is 0 Å². The Kier molecular flexibility index (Phi) is 4.31. The first-order chi connectivity index (χ1) is 13.2. The second-order valence-corrected chi connectivity index (χ2v) is 6.10. The number of aromatic nitrogens is 2. The molecule has 0 N–H and O–H groups in total. The van der Waals surface area contributed by atoms with Crippen molar-refractivity contribution in [3.05, 3.63) is 83.7 Å². The molecule has 0 spiro atoms. The molecule has 0 aliphatic carbocycles. The highest BCUT2D eigenvalue weighted by Crippen LogP contribution is 2.32. The highest BCUT2D eigenvalue weighted by Gasteiger charge is 2.18. The zero-order valence-electron chi connectivity index (χ0n) is 14.7. The number of nitrogens with zero attached hydrogens (tertiary/aromatic N) is 3. The third-order valence-electron chi connectivity index (χ3n) is 4.54. The summed E-state index contributed by atoms with van der Waals surface area (Å²) in [5.41, 5.74) is 3.32. The second kappa shape index (κ2) is 6.93. The van der Waals surface area contributed by atoms with Crippen molar-refractivity contribution in [1.82, 2.24) is 9.55 Å². The molecule has 0 amide bonds. The first kappa shape index (κ1) is 16.8. The number of hydrogen-bond acceptors (Lipinski definition) is 3. The molecule has 0 bridgehead atoms. The molecule has 0 aliphatic heterocycles. The van der Waals surface area contributed by atoms with E-state index in [1.165, 1.54) is 6.07 Å². The second-order valence-electron chi connectivity index (χ2n) is 6.10. The summed E-state index contributed by atoms with van der Waals surface area (Å²) in [4.78, 5) is 4.68. The molecule has 4 rings (SSSR count). The summed E-state index contributed by atoms with van der Waals surface area (Å²) in [7, 11) is 1.58. The minimum atomic E-state index is -0.346. The average molecular weight is 357 g/mol. The van der Waals surface area contributed by atoms with Crippen LogP contribution in [0.25, 0.3) is 22.4 Å². The number of fused-ring (bicyclic) bond motifs is 1. The number of hydrogen-bond donors (Lipinski definition) is 0. The van der Waals surface area contributed by atoms with Gasteiger partial charge < -0.3 is 9.30 Å². The Morgan fingerprint density at radius 1 is 1.04 bits per heavy atom. The minimum Gasteiger partial charge on any atom is -0.494 e. The summed E-state index contributed by atoms with van der Waals surface area (Å²) in [6.45, 7) is 0.400. The number of ether oxygens (including phenoxy) is 1. The van der Waals surface area contributed by atoms with Gasteiger partial charge in [-0.2, -0.15) is 5.26 Å². The number of methoxy groups -OCH3 is 1. The van der Waals surface area contributed by atoms with E-state index in [9.17, 15) is 9.65 Å². The van der Waals surface area contributed by atoms with E-state index in [0.717, 1.165) is 11.1 Å². The Morgan fingerprint density at radius 2 is 1.81 bits per heavy atom. The predicted molar refractivity (Wildman–Crippen MR) is 102 cm³/mol. The fraction of sp³-hybridized carbons (Fsp3) is 0.0909. The SMILES string of the molecule is COc1cccc2c1nc(-c1ccccc1F)n2Cc1ccccc1C#N. The Balaban J connectivity index is 1.99. The Hall–Kier alpha value is -3.65. The summed E-state index contributed by atoms with van der Waals surface area (Å²) >= 11 is 0. The largest absolute Gasteiger partial charge is 0.494 e. The molecule has 0 saturated carbocycles. The van der Waals surface area contributed by atoms with Crippen LogP contribution < -0.4 is 4.74 Å². The van der Waals surface area contributed by atoms with E-state index in [0.29, 0.717) is 34.8 Å². The summed E-state index contributed by atoms with van der Waals surface area (Å²) in [6.07, 6.45) is 0. The number of benzene rings is 3. The summed E-state index contributed by atoms with van der Waals surface area (Å²) < 4.78 is 21.9. The van der Waals surface area contributed by atoms with E-state index in [4.69, 9.17) is 4.74 Å². The quantitative estimate of drug-likeness (QED) is 0.529. The van der Waals surface area contributed by atoms with Gasteiger partial charge in [-0.25, -0.2) is 9.37 Å². The number of para-hydroxylation sites is 1. The van der Waals surface area contributed by atoms with E-state index in [1.54, 1.807) is 31.4 Å². The summed E-state index contributed by atoms with van der Waals surface area (Å²) in [5, 5.41) is 9.42. The smallest absolute Gasteiger partial charge is 0.146 e. The van der Waals surface area contributed by atoms with Crippen molar-refractivity contribution in [2.24, 2.45) is 0 Å². The van der Waals surface area contributed by atoms with Crippen molar-refractivity contribution in [2.45, 2.75) is 6.54 Å². The maximum atomic E-state index is 14.5. The van der Waals surface area contributed by atoms with Crippen LogP contribution in [0.15, 0.2) is 66.7 Å². The van der Waals surface area contributed by atoms with Gasteiger partial charge in [-0.15, -0.1) is 0 Å². The molecule has 0 radical (unpaired) electrons. The van der Waals surface area contributed by atoms with Gasteiger partial charge in [0.15, 0.2) is 0 Å². The molecular formula is C22H16FN3O.